The molecule has 0 spiro atoms. The van der Waals surface area contributed by atoms with Gasteiger partial charge in [-0.15, -0.1) is 11.3 Å². The average Bonchev–Trinajstić information content (AvgIpc) is 2.95. The van der Waals surface area contributed by atoms with Gasteiger partial charge in [-0.05, 0) is 25.7 Å². The molecule has 1 fully saturated rings. The third-order valence-electron chi connectivity index (χ3n) is 4.21. The molecule has 23 heavy (non-hydrogen) atoms. The number of hydrogen-bond acceptors (Lipinski definition) is 5. The van der Waals surface area contributed by atoms with Crippen LogP contribution in [0, 0.1) is 12.8 Å². The van der Waals surface area contributed by atoms with Crippen LogP contribution < -0.4 is 5.56 Å². The van der Waals surface area contributed by atoms with Crippen LogP contribution in [0.2, 0.25) is 0 Å². The van der Waals surface area contributed by atoms with Crippen molar-refractivity contribution < 1.29 is 4.79 Å². The Morgan fingerprint density at radius 1 is 1.39 bits per heavy atom. The summed E-state index contributed by atoms with van der Waals surface area (Å²) < 4.78 is 1.66. The van der Waals surface area contributed by atoms with E-state index in [0.717, 1.165) is 35.8 Å². The van der Waals surface area contributed by atoms with Crippen molar-refractivity contribution in [3.05, 3.63) is 45.0 Å². The van der Waals surface area contributed by atoms with Crippen LogP contribution in [0.1, 0.15) is 22.7 Å². The quantitative estimate of drug-likeness (QED) is 0.851. The Morgan fingerprint density at radius 3 is 2.83 bits per heavy atom. The van der Waals surface area contributed by atoms with Crippen molar-refractivity contribution in [2.24, 2.45) is 5.92 Å². The van der Waals surface area contributed by atoms with Crippen molar-refractivity contribution in [1.29, 1.82) is 0 Å². The Hall–Kier alpha value is -2.02. The second kappa shape index (κ2) is 7.04. The summed E-state index contributed by atoms with van der Waals surface area (Å²) >= 11 is 1.58. The highest BCUT2D eigenvalue weighted by Crippen LogP contribution is 2.20. The molecule has 2 aromatic heterocycles. The summed E-state index contributed by atoms with van der Waals surface area (Å²) in [5.41, 5.74) is -0.0147. The van der Waals surface area contributed by atoms with E-state index in [1.165, 1.54) is 12.3 Å². The third-order valence-corrected chi connectivity index (χ3v) is 5.12. The fourth-order valence-corrected chi connectivity index (χ4v) is 3.69. The van der Waals surface area contributed by atoms with Gasteiger partial charge in [0, 0.05) is 43.0 Å². The molecule has 1 amide bonds. The molecule has 2 aromatic rings. The third kappa shape index (κ3) is 4.04. The number of piperidine rings is 1. The predicted molar refractivity (Wildman–Crippen MR) is 88.4 cm³/mol. The van der Waals surface area contributed by atoms with Crippen LogP contribution in [0.3, 0.4) is 0 Å². The minimum atomic E-state index is -0.0147. The largest absolute Gasteiger partial charge is 0.342 e. The molecule has 6 nitrogen and oxygen atoms in total. The van der Waals surface area contributed by atoms with Crippen molar-refractivity contribution in [1.82, 2.24) is 19.4 Å². The normalized spacial score (nSPS) is 15.8. The lowest BCUT2D eigenvalue weighted by molar-refractivity contribution is -0.131. The summed E-state index contributed by atoms with van der Waals surface area (Å²) in [4.78, 5) is 35.2. The Morgan fingerprint density at radius 2 is 2.17 bits per heavy atom. The summed E-state index contributed by atoms with van der Waals surface area (Å²) in [7, 11) is 0. The van der Waals surface area contributed by atoms with Gasteiger partial charge in [0.25, 0.3) is 5.56 Å². The highest BCUT2D eigenvalue weighted by atomic mass is 32.1. The maximum absolute atomic E-state index is 12.3. The molecule has 0 atom stereocenters. The number of nitrogens with zero attached hydrogens (tertiary/aromatic N) is 4. The molecule has 0 saturated carbocycles. The van der Waals surface area contributed by atoms with E-state index in [4.69, 9.17) is 0 Å². The first-order chi connectivity index (χ1) is 11.1. The molecule has 1 aliphatic heterocycles. The SMILES string of the molecule is Cc1ncc(CC(=O)N2CCC(Cn3cnccc3=O)CC2)s1. The van der Waals surface area contributed by atoms with Gasteiger partial charge in [-0.1, -0.05) is 0 Å². The molecule has 7 heteroatoms. The fraction of sp³-hybridized carbons (Fsp3) is 0.500. The Kier molecular flexibility index (Phi) is 4.85. The number of carbonyl (C=O) groups excluding carboxylic acids is 1. The smallest absolute Gasteiger partial charge is 0.253 e. The van der Waals surface area contributed by atoms with Crippen molar-refractivity contribution >= 4 is 17.2 Å². The number of rotatable bonds is 4. The molecule has 0 radical (unpaired) electrons. The van der Waals surface area contributed by atoms with E-state index in [0.29, 0.717) is 18.9 Å². The maximum Gasteiger partial charge on any atom is 0.253 e. The minimum Gasteiger partial charge on any atom is -0.342 e. The van der Waals surface area contributed by atoms with Gasteiger partial charge in [0.1, 0.15) is 0 Å². The average molecular weight is 332 g/mol. The number of thiazole rings is 1. The summed E-state index contributed by atoms with van der Waals surface area (Å²) in [6, 6.07) is 1.48. The van der Waals surface area contributed by atoms with E-state index in [2.05, 4.69) is 9.97 Å². The summed E-state index contributed by atoms with van der Waals surface area (Å²) in [6.45, 7) is 4.15. The molecule has 0 N–H and O–H groups in total. The Bertz CT molecular complexity index is 731. The molecular weight excluding hydrogens is 312 g/mol. The first-order valence-corrected chi connectivity index (χ1v) is 8.63. The molecule has 0 unspecified atom stereocenters. The molecule has 122 valence electrons. The number of likely N-dealkylation sites (tertiary alicyclic amines) is 1. The highest BCUT2D eigenvalue weighted by molar-refractivity contribution is 7.11. The topological polar surface area (TPSA) is 68.1 Å². The van der Waals surface area contributed by atoms with Gasteiger partial charge in [-0.2, -0.15) is 0 Å². The lowest BCUT2D eigenvalue weighted by Gasteiger charge is -2.32. The van der Waals surface area contributed by atoms with E-state index in [1.54, 1.807) is 28.4 Å². The summed E-state index contributed by atoms with van der Waals surface area (Å²) in [5.74, 6) is 0.595. The zero-order valence-corrected chi connectivity index (χ0v) is 14.0. The lowest BCUT2D eigenvalue weighted by Crippen LogP contribution is -2.40. The summed E-state index contributed by atoms with van der Waals surface area (Å²) in [5, 5.41) is 0.994. The predicted octanol–water partition coefficient (Wildman–Crippen LogP) is 1.49. The van der Waals surface area contributed by atoms with Crippen LogP contribution >= 0.6 is 11.3 Å². The van der Waals surface area contributed by atoms with E-state index in [1.807, 2.05) is 11.8 Å². The zero-order valence-electron chi connectivity index (χ0n) is 13.1. The number of carbonyl (C=O) groups is 1. The van der Waals surface area contributed by atoms with Crippen LogP contribution in [-0.2, 0) is 17.8 Å². The van der Waals surface area contributed by atoms with Gasteiger partial charge in [0.05, 0.1) is 17.8 Å². The zero-order chi connectivity index (χ0) is 16.2. The Labute approximate surface area is 138 Å². The first-order valence-electron chi connectivity index (χ1n) is 7.81. The molecular formula is C16H20N4O2S. The van der Waals surface area contributed by atoms with Crippen LogP contribution in [-0.4, -0.2) is 38.4 Å². The first kappa shape index (κ1) is 15.9. The fourth-order valence-electron chi connectivity index (χ4n) is 2.91. The molecule has 1 saturated heterocycles. The monoisotopic (exact) mass is 332 g/mol. The van der Waals surface area contributed by atoms with Crippen molar-refractivity contribution in [3.63, 3.8) is 0 Å². The standard InChI is InChI=1S/C16H20N4O2S/c1-12-18-9-14(23-12)8-16(22)19-6-3-13(4-7-19)10-20-11-17-5-2-15(20)21/h2,5,9,11,13H,3-4,6-8,10H2,1H3. The molecule has 1 aliphatic rings. The van der Waals surface area contributed by atoms with Gasteiger partial charge < -0.3 is 4.90 Å². The van der Waals surface area contributed by atoms with E-state index >= 15 is 0 Å². The summed E-state index contributed by atoms with van der Waals surface area (Å²) in [6.07, 6.45) is 7.19. The number of hydrogen-bond donors (Lipinski definition) is 0. The van der Waals surface area contributed by atoms with Gasteiger partial charge in [0.2, 0.25) is 5.91 Å². The van der Waals surface area contributed by atoms with Gasteiger partial charge in [-0.3, -0.25) is 14.2 Å². The Balaban J connectivity index is 1.51. The van der Waals surface area contributed by atoms with Crippen molar-refractivity contribution in [2.75, 3.05) is 13.1 Å². The molecule has 3 heterocycles. The number of aromatic nitrogens is 3. The van der Waals surface area contributed by atoms with Gasteiger partial charge >= 0.3 is 0 Å². The molecule has 0 aromatic carbocycles. The second-order valence-corrected chi connectivity index (χ2v) is 7.24. The lowest BCUT2D eigenvalue weighted by atomic mass is 9.96. The number of amides is 1. The van der Waals surface area contributed by atoms with Crippen molar-refractivity contribution in [3.8, 4) is 0 Å². The van der Waals surface area contributed by atoms with Gasteiger partial charge in [0.15, 0.2) is 0 Å². The highest BCUT2D eigenvalue weighted by Gasteiger charge is 2.23. The van der Waals surface area contributed by atoms with Crippen LogP contribution in [0.5, 0.6) is 0 Å². The molecule has 0 bridgehead atoms. The van der Waals surface area contributed by atoms with Crippen molar-refractivity contribution in [2.45, 2.75) is 32.7 Å². The molecule has 3 rings (SSSR count). The second-order valence-electron chi connectivity index (χ2n) is 5.92. The number of aryl methyl sites for hydroxylation is 1. The van der Waals surface area contributed by atoms with E-state index in [9.17, 15) is 9.59 Å². The van der Waals surface area contributed by atoms with Crippen LogP contribution in [0.4, 0.5) is 0 Å². The molecule has 0 aliphatic carbocycles. The van der Waals surface area contributed by atoms with E-state index < -0.39 is 0 Å². The van der Waals surface area contributed by atoms with Crippen LogP contribution in [0.25, 0.3) is 0 Å². The van der Waals surface area contributed by atoms with E-state index in [-0.39, 0.29) is 11.5 Å². The van der Waals surface area contributed by atoms with Gasteiger partial charge in [-0.25, -0.2) is 9.97 Å². The minimum absolute atomic E-state index is 0.0147. The van der Waals surface area contributed by atoms with Crippen LogP contribution in [0.15, 0.2) is 29.6 Å². The maximum atomic E-state index is 12.3.